The molecular formula is C20H28N4OS2. The first-order valence-electron chi connectivity index (χ1n) is 9.51. The first-order chi connectivity index (χ1) is 12.8. The molecule has 1 fully saturated rings. The molecule has 3 rings (SSSR count). The molecule has 1 saturated heterocycles. The van der Waals surface area contributed by atoms with Crippen molar-refractivity contribution in [1.82, 2.24) is 15.1 Å². The number of nitrogens with zero attached hydrogens (tertiary/aromatic N) is 3. The third-order valence-corrected chi connectivity index (χ3v) is 7.25. The highest BCUT2D eigenvalue weighted by atomic mass is 32.2. The van der Waals surface area contributed by atoms with Gasteiger partial charge in [-0.15, -0.1) is 10.2 Å². The maximum atomic E-state index is 12.9. The van der Waals surface area contributed by atoms with E-state index in [1.807, 2.05) is 13.0 Å². The number of carbonyl (C=O) groups is 1. The van der Waals surface area contributed by atoms with Crippen LogP contribution < -0.4 is 5.32 Å². The molecule has 27 heavy (non-hydrogen) atoms. The number of rotatable bonds is 5. The summed E-state index contributed by atoms with van der Waals surface area (Å²) in [5.41, 5.74) is 3.51. The van der Waals surface area contributed by atoms with Gasteiger partial charge in [-0.05, 0) is 77.1 Å². The standard InChI is InChI=1S/C20H28N4OS2/c1-12-9-10-17(11-13(12)2)21-19-22-23-20(27-19)26-16(5)18(25)24-14(3)7-6-8-15(24)4/h9-11,14-16H,6-8H2,1-5H3,(H,21,22)/t14-,15-,16-/m0/s1. The Labute approximate surface area is 170 Å². The quantitative estimate of drug-likeness (QED) is 0.697. The number of anilines is 2. The average molecular weight is 405 g/mol. The van der Waals surface area contributed by atoms with Crippen LogP contribution in [0, 0.1) is 13.8 Å². The van der Waals surface area contributed by atoms with Gasteiger partial charge in [-0.3, -0.25) is 4.79 Å². The van der Waals surface area contributed by atoms with E-state index in [9.17, 15) is 4.79 Å². The summed E-state index contributed by atoms with van der Waals surface area (Å²) in [7, 11) is 0. The summed E-state index contributed by atoms with van der Waals surface area (Å²) in [6.45, 7) is 10.5. The number of benzene rings is 1. The number of aryl methyl sites for hydroxylation is 2. The van der Waals surface area contributed by atoms with Crippen LogP contribution in [0.4, 0.5) is 10.8 Å². The van der Waals surface area contributed by atoms with Gasteiger partial charge in [0.05, 0.1) is 5.25 Å². The molecule has 0 aliphatic carbocycles. The number of aromatic nitrogens is 2. The molecular weight excluding hydrogens is 376 g/mol. The van der Waals surface area contributed by atoms with E-state index in [2.05, 4.69) is 60.2 Å². The fraction of sp³-hybridized carbons (Fsp3) is 0.550. The lowest BCUT2D eigenvalue weighted by molar-refractivity contribution is -0.136. The van der Waals surface area contributed by atoms with Crippen molar-refractivity contribution in [2.45, 2.75) is 75.6 Å². The van der Waals surface area contributed by atoms with E-state index in [1.54, 1.807) is 0 Å². The van der Waals surface area contributed by atoms with Crippen molar-refractivity contribution >= 4 is 39.8 Å². The second kappa shape index (κ2) is 8.61. The Kier molecular flexibility index (Phi) is 6.42. The lowest BCUT2D eigenvalue weighted by Crippen LogP contribution is -2.50. The van der Waals surface area contributed by atoms with Gasteiger partial charge in [-0.25, -0.2) is 0 Å². The highest BCUT2D eigenvalue weighted by Gasteiger charge is 2.32. The Morgan fingerprint density at radius 3 is 2.59 bits per heavy atom. The Morgan fingerprint density at radius 2 is 1.93 bits per heavy atom. The fourth-order valence-electron chi connectivity index (χ4n) is 3.52. The van der Waals surface area contributed by atoms with Gasteiger partial charge < -0.3 is 10.2 Å². The van der Waals surface area contributed by atoms with Crippen molar-refractivity contribution in [1.29, 1.82) is 0 Å². The molecule has 146 valence electrons. The molecule has 0 bridgehead atoms. The number of carbonyl (C=O) groups excluding carboxylic acids is 1. The molecule has 7 heteroatoms. The second-order valence-electron chi connectivity index (χ2n) is 7.43. The third-order valence-electron chi connectivity index (χ3n) is 5.24. The highest BCUT2D eigenvalue weighted by Crippen LogP contribution is 2.33. The monoisotopic (exact) mass is 404 g/mol. The van der Waals surface area contributed by atoms with Crippen LogP contribution in [0.1, 0.15) is 51.2 Å². The zero-order valence-electron chi connectivity index (χ0n) is 16.7. The molecule has 2 heterocycles. The molecule has 1 aliphatic rings. The minimum absolute atomic E-state index is 0.157. The summed E-state index contributed by atoms with van der Waals surface area (Å²) in [5.74, 6) is 0.207. The molecule has 5 nitrogen and oxygen atoms in total. The minimum atomic E-state index is -0.157. The summed E-state index contributed by atoms with van der Waals surface area (Å²) in [5, 5.41) is 12.4. The van der Waals surface area contributed by atoms with Crippen LogP contribution in [0.3, 0.4) is 0 Å². The van der Waals surface area contributed by atoms with Gasteiger partial charge in [0.1, 0.15) is 0 Å². The zero-order valence-corrected chi connectivity index (χ0v) is 18.3. The predicted molar refractivity (Wildman–Crippen MR) is 114 cm³/mol. The molecule has 0 radical (unpaired) electrons. The van der Waals surface area contributed by atoms with Crippen LogP contribution in [0.25, 0.3) is 0 Å². The lowest BCUT2D eigenvalue weighted by atomic mass is 9.97. The van der Waals surface area contributed by atoms with Crippen LogP contribution in [-0.4, -0.2) is 38.3 Å². The smallest absolute Gasteiger partial charge is 0.236 e. The van der Waals surface area contributed by atoms with Crippen LogP contribution >= 0.6 is 23.1 Å². The van der Waals surface area contributed by atoms with Gasteiger partial charge in [0.15, 0.2) is 4.34 Å². The van der Waals surface area contributed by atoms with Crippen molar-refractivity contribution in [2.24, 2.45) is 0 Å². The highest BCUT2D eigenvalue weighted by molar-refractivity contribution is 8.02. The topological polar surface area (TPSA) is 58.1 Å². The number of thioether (sulfide) groups is 1. The average Bonchev–Trinajstić information content (AvgIpc) is 3.04. The molecule has 1 aromatic carbocycles. The number of amides is 1. The van der Waals surface area contributed by atoms with Gasteiger partial charge in [0.25, 0.3) is 0 Å². The van der Waals surface area contributed by atoms with Crippen molar-refractivity contribution in [3.8, 4) is 0 Å². The zero-order chi connectivity index (χ0) is 19.6. The molecule has 1 aromatic heterocycles. The van der Waals surface area contributed by atoms with E-state index in [1.165, 1.54) is 40.6 Å². The SMILES string of the molecule is Cc1ccc(Nc2nnc(S[C@@H](C)C(=O)N3[C@@H](C)CCC[C@@H]3C)s2)cc1C. The predicted octanol–water partition coefficient (Wildman–Crippen LogP) is 5.17. The minimum Gasteiger partial charge on any atom is -0.336 e. The molecule has 1 amide bonds. The number of likely N-dealkylation sites (tertiary alicyclic amines) is 1. The van der Waals surface area contributed by atoms with E-state index in [4.69, 9.17) is 0 Å². The van der Waals surface area contributed by atoms with Gasteiger partial charge in [-0.1, -0.05) is 29.2 Å². The Hall–Kier alpha value is -1.60. The van der Waals surface area contributed by atoms with Crippen molar-refractivity contribution in [3.63, 3.8) is 0 Å². The fourth-order valence-corrected chi connectivity index (χ4v) is 5.49. The Morgan fingerprint density at radius 1 is 1.22 bits per heavy atom. The van der Waals surface area contributed by atoms with Crippen molar-refractivity contribution in [2.75, 3.05) is 5.32 Å². The first kappa shape index (κ1) is 20.1. The summed E-state index contributed by atoms with van der Waals surface area (Å²) in [4.78, 5) is 15.0. The van der Waals surface area contributed by atoms with E-state index in [0.29, 0.717) is 12.1 Å². The van der Waals surface area contributed by atoms with E-state index in [-0.39, 0.29) is 11.2 Å². The first-order valence-corrected chi connectivity index (χ1v) is 11.2. The summed E-state index contributed by atoms with van der Waals surface area (Å²) >= 11 is 2.99. The van der Waals surface area contributed by atoms with Crippen LogP contribution in [0.5, 0.6) is 0 Å². The molecule has 1 N–H and O–H groups in total. The number of piperidine rings is 1. The Bertz CT molecular complexity index is 797. The van der Waals surface area contributed by atoms with E-state index >= 15 is 0 Å². The molecule has 2 aromatic rings. The normalized spacial score (nSPS) is 21.1. The lowest BCUT2D eigenvalue weighted by Gasteiger charge is -2.40. The van der Waals surface area contributed by atoms with E-state index < -0.39 is 0 Å². The number of nitrogens with one attached hydrogen (secondary N) is 1. The molecule has 0 unspecified atom stereocenters. The van der Waals surface area contributed by atoms with Crippen LogP contribution in [-0.2, 0) is 4.79 Å². The summed E-state index contributed by atoms with van der Waals surface area (Å²) in [6.07, 6.45) is 3.39. The Balaban J connectivity index is 1.62. The van der Waals surface area contributed by atoms with Gasteiger partial charge in [0, 0.05) is 17.8 Å². The number of hydrogen-bond acceptors (Lipinski definition) is 6. The largest absolute Gasteiger partial charge is 0.336 e. The van der Waals surface area contributed by atoms with Crippen molar-refractivity contribution < 1.29 is 4.79 Å². The third kappa shape index (κ3) is 4.82. The van der Waals surface area contributed by atoms with Gasteiger partial charge >= 0.3 is 0 Å². The molecule has 0 saturated carbocycles. The van der Waals surface area contributed by atoms with Gasteiger partial charge in [-0.2, -0.15) is 0 Å². The summed E-state index contributed by atoms with van der Waals surface area (Å²) in [6, 6.07) is 6.88. The maximum absolute atomic E-state index is 12.9. The van der Waals surface area contributed by atoms with Crippen molar-refractivity contribution in [3.05, 3.63) is 29.3 Å². The molecule has 1 aliphatic heterocycles. The van der Waals surface area contributed by atoms with Gasteiger partial charge in [0.2, 0.25) is 11.0 Å². The molecule has 3 atom stereocenters. The maximum Gasteiger partial charge on any atom is 0.236 e. The van der Waals surface area contributed by atoms with Crippen LogP contribution in [0.2, 0.25) is 0 Å². The summed E-state index contributed by atoms with van der Waals surface area (Å²) < 4.78 is 0.819. The number of hydrogen-bond donors (Lipinski definition) is 1. The van der Waals surface area contributed by atoms with Crippen LogP contribution in [0.15, 0.2) is 22.5 Å². The second-order valence-corrected chi connectivity index (χ2v) is 10.00. The molecule has 0 spiro atoms. The van der Waals surface area contributed by atoms with E-state index in [0.717, 1.165) is 28.0 Å².